The first kappa shape index (κ1) is 19.8. The Kier molecular flexibility index (Phi) is 7.39. The van der Waals surface area contributed by atoms with Crippen molar-refractivity contribution in [2.24, 2.45) is 0 Å². The van der Waals surface area contributed by atoms with Crippen LogP contribution in [0.25, 0.3) is 0 Å². The Morgan fingerprint density at radius 3 is 1.86 bits per heavy atom. The van der Waals surface area contributed by atoms with Crippen molar-refractivity contribution in [1.29, 1.82) is 0 Å². The van der Waals surface area contributed by atoms with Gasteiger partial charge >= 0.3 is 0 Å². The Hall–Kier alpha value is -2.91. The summed E-state index contributed by atoms with van der Waals surface area (Å²) in [5.41, 5.74) is 3.76. The van der Waals surface area contributed by atoms with Crippen molar-refractivity contribution in [3.8, 4) is 0 Å². The lowest BCUT2D eigenvalue weighted by Gasteiger charge is -2.25. The zero-order valence-corrected chi connectivity index (χ0v) is 16.5. The number of amides is 1. The minimum absolute atomic E-state index is 0.0995. The Labute approximate surface area is 168 Å². The highest BCUT2D eigenvalue weighted by molar-refractivity contribution is 5.76. The van der Waals surface area contributed by atoms with Gasteiger partial charge in [-0.25, -0.2) is 0 Å². The largest absolute Gasteiger partial charge is 0.351 e. The number of hydrogen-bond donors (Lipinski definition) is 2. The van der Waals surface area contributed by atoms with E-state index in [-0.39, 0.29) is 11.9 Å². The second-order valence-corrected chi connectivity index (χ2v) is 7.22. The Balaban J connectivity index is 1.56. The number of rotatable bonds is 9. The molecule has 0 aromatic heterocycles. The molecule has 0 aliphatic heterocycles. The van der Waals surface area contributed by atoms with Gasteiger partial charge in [0.05, 0.1) is 7.05 Å². The summed E-state index contributed by atoms with van der Waals surface area (Å²) in [6, 6.07) is 31.4. The Morgan fingerprint density at radius 2 is 1.32 bits per heavy atom. The number of carbonyl (C=O) groups excluding carboxylic acids is 1. The Morgan fingerprint density at radius 1 is 0.821 bits per heavy atom. The predicted octanol–water partition coefficient (Wildman–Crippen LogP) is 3.04. The number of likely N-dealkylation sites (N-methyl/N-ethyl adjacent to an activating group) is 1. The van der Waals surface area contributed by atoms with E-state index in [4.69, 9.17) is 0 Å². The molecule has 28 heavy (non-hydrogen) atoms. The van der Waals surface area contributed by atoms with Gasteiger partial charge in [-0.1, -0.05) is 91.0 Å². The lowest BCUT2D eigenvalue weighted by molar-refractivity contribution is -0.898. The van der Waals surface area contributed by atoms with Crippen molar-refractivity contribution in [2.75, 3.05) is 20.1 Å². The summed E-state index contributed by atoms with van der Waals surface area (Å²) < 4.78 is 0. The van der Waals surface area contributed by atoms with Crippen LogP contribution < -0.4 is 10.2 Å². The molecule has 0 aliphatic rings. The molecule has 2 N–H and O–H groups in total. The molecule has 1 atom stereocenters. The second-order valence-electron chi connectivity index (χ2n) is 7.22. The van der Waals surface area contributed by atoms with E-state index < -0.39 is 0 Å². The Bertz CT molecular complexity index is 795. The van der Waals surface area contributed by atoms with Crippen LogP contribution in [0.3, 0.4) is 0 Å². The highest BCUT2D eigenvalue weighted by Gasteiger charge is 2.24. The summed E-state index contributed by atoms with van der Waals surface area (Å²) in [5.74, 6) is 0.0995. The normalized spacial score (nSPS) is 11.9. The monoisotopic (exact) mass is 373 g/mol. The molecule has 3 aromatic rings. The van der Waals surface area contributed by atoms with E-state index in [1.165, 1.54) is 16.7 Å². The molecule has 3 aromatic carbocycles. The van der Waals surface area contributed by atoms with E-state index in [9.17, 15) is 4.79 Å². The minimum Gasteiger partial charge on any atom is -0.351 e. The zero-order chi connectivity index (χ0) is 19.6. The summed E-state index contributed by atoms with van der Waals surface area (Å²) >= 11 is 0. The standard InChI is InChI=1S/C25H28N2O/c1-27(20-24(28)26-19-11-14-21-12-5-2-6-13-21)25(22-15-7-3-8-16-22)23-17-9-4-10-18-23/h2-10,12-13,15-18,25H,11,14,19-20H2,1H3,(H,26,28)/p+1. The van der Waals surface area contributed by atoms with Gasteiger partial charge in [0.1, 0.15) is 6.04 Å². The summed E-state index contributed by atoms with van der Waals surface area (Å²) in [6.07, 6.45) is 1.94. The van der Waals surface area contributed by atoms with Crippen molar-refractivity contribution in [3.05, 3.63) is 108 Å². The molecule has 3 rings (SSSR count). The van der Waals surface area contributed by atoms with Crippen molar-refractivity contribution in [1.82, 2.24) is 5.32 Å². The van der Waals surface area contributed by atoms with Crippen LogP contribution in [0.5, 0.6) is 0 Å². The van der Waals surface area contributed by atoms with Gasteiger partial charge < -0.3 is 10.2 Å². The quantitative estimate of drug-likeness (QED) is 0.556. The summed E-state index contributed by atoms with van der Waals surface area (Å²) in [4.78, 5) is 13.7. The van der Waals surface area contributed by atoms with Gasteiger partial charge in [0.15, 0.2) is 6.54 Å². The molecule has 0 heterocycles. The van der Waals surface area contributed by atoms with Gasteiger partial charge in [-0.2, -0.15) is 0 Å². The van der Waals surface area contributed by atoms with E-state index in [0.717, 1.165) is 17.7 Å². The first-order chi connectivity index (χ1) is 13.7. The van der Waals surface area contributed by atoms with Crippen LogP contribution in [0.2, 0.25) is 0 Å². The third-order valence-corrected chi connectivity index (χ3v) is 5.01. The SMILES string of the molecule is C[NH+](CC(=O)NCCCc1ccccc1)C(c1ccccc1)c1ccccc1. The molecule has 144 valence electrons. The second kappa shape index (κ2) is 10.4. The molecular weight excluding hydrogens is 344 g/mol. The molecular formula is C25H29N2O+. The fourth-order valence-corrected chi connectivity index (χ4v) is 3.64. The van der Waals surface area contributed by atoms with E-state index >= 15 is 0 Å². The van der Waals surface area contributed by atoms with Gasteiger partial charge in [0.25, 0.3) is 5.91 Å². The molecule has 1 amide bonds. The van der Waals surface area contributed by atoms with Crippen molar-refractivity contribution in [3.63, 3.8) is 0 Å². The molecule has 3 heteroatoms. The highest BCUT2D eigenvalue weighted by atomic mass is 16.2. The lowest BCUT2D eigenvalue weighted by atomic mass is 9.97. The highest BCUT2D eigenvalue weighted by Crippen LogP contribution is 2.18. The predicted molar refractivity (Wildman–Crippen MR) is 114 cm³/mol. The molecule has 0 saturated carbocycles. The summed E-state index contributed by atoms with van der Waals surface area (Å²) in [7, 11) is 2.09. The summed E-state index contributed by atoms with van der Waals surface area (Å²) in [5, 5.41) is 3.08. The molecule has 0 aliphatic carbocycles. The molecule has 1 unspecified atom stereocenters. The van der Waals surface area contributed by atoms with E-state index in [1.54, 1.807) is 0 Å². The van der Waals surface area contributed by atoms with Gasteiger partial charge in [-0.3, -0.25) is 4.79 Å². The van der Waals surface area contributed by atoms with E-state index in [0.29, 0.717) is 13.1 Å². The molecule has 0 radical (unpaired) electrons. The number of hydrogen-bond acceptors (Lipinski definition) is 1. The third kappa shape index (κ3) is 5.80. The van der Waals surface area contributed by atoms with E-state index in [2.05, 4.69) is 85.2 Å². The first-order valence-electron chi connectivity index (χ1n) is 9.97. The van der Waals surface area contributed by atoms with Crippen molar-refractivity contribution in [2.45, 2.75) is 18.9 Å². The van der Waals surface area contributed by atoms with Gasteiger partial charge in [0, 0.05) is 17.7 Å². The van der Waals surface area contributed by atoms with Crippen LogP contribution in [0.4, 0.5) is 0 Å². The third-order valence-electron chi connectivity index (χ3n) is 5.01. The number of quaternary nitrogens is 1. The fraction of sp³-hybridized carbons (Fsp3) is 0.240. The minimum atomic E-state index is 0.0995. The number of aryl methyl sites for hydroxylation is 1. The number of nitrogens with one attached hydrogen (secondary N) is 2. The van der Waals surface area contributed by atoms with Crippen molar-refractivity contribution >= 4 is 5.91 Å². The van der Waals surface area contributed by atoms with Crippen LogP contribution in [0, 0.1) is 0 Å². The van der Waals surface area contributed by atoms with Crippen LogP contribution >= 0.6 is 0 Å². The maximum Gasteiger partial charge on any atom is 0.275 e. The zero-order valence-electron chi connectivity index (χ0n) is 16.5. The summed E-state index contributed by atoms with van der Waals surface area (Å²) in [6.45, 7) is 1.15. The molecule has 0 spiro atoms. The van der Waals surface area contributed by atoms with Crippen molar-refractivity contribution < 1.29 is 9.69 Å². The smallest absolute Gasteiger partial charge is 0.275 e. The van der Waals surface area contributed by atoms with Crippen LogP contribution in [-0.2, 0) is 11.2 Å². The fourth-order valence-electron chi connectivity index (χ4n) is 3.64. The number of benzene rings is 3. The average Bonchev–Trinajstić information content (AvgIpc) is 2.74. The maximum absolute atomic E-state index is 12.5. The maximum atomic E-state index is 12.5. The molecule has 0 fully saturated rings. The first-order valence-corrected chi connectivity index (χ1v) is 9.97. The molecule has 0 saturated heterocycles. The van der Waals surface area contributed by atoms with Crippen LogP contribution in [0.1, 0.15) is 29.2 Å². The van der Waals surface area contributed by atoms with Gasteiger partial charge in [-0.15, -0.1) is 0 Å². The van der Waals surface area contributed by atoms with Gasteiger partial charge in [-0.05, 0) is 18.4 Å². The van der Waals surface area contributed by atoms with E-state index in [1.807, 2.05) is 18.2 Å². The van der Waals surface area contributed by atoms with Crippen LogP contribution in [0.15, 0.2) is 91.0 Å². The topological polar surface area (TPSA) is 33.5 Å². The van der Waals surface area contributed by atoms with Crippen LogP contribution in [-0.4, -0.2) is 26.0 Å². The molecule has 0 bridgehead atoms. The van der Waals surface area contributed by atoms with Gasteiger partial charge in [0.2, 0.25) is 0 Å². The lowest BCUT2D eigenvalue weighted by Crippen LogP contribution is -3.10. The molecule has 3 nitrogen and oxygen atoms in total. The number of carbonyl (C=O) groups is 1. The average molecular weight is 374 g/mol.